The fourth-order valence-corrected chi connectivity index (χ4v) is 2.43. The lowest BCUT2D eigenvalue weighted by molar-refractivity contribution is 1.22. The van der Waals surface area contributed by atoms with E-state index in [0.29, 0.717) is 16.8 Å². The molecule has 0 radical (unpaired) electrons. The molecule has 0 saturated carbocycles. The van der Waals surface area contributed by atoms with Gasteiger partial charge in [-0.3, -0.25) is 10.2 Å². The number of H-pyrrole nitrogens is 1. The van der Waals surface area contributed by atoms with E-state index in [1.807, 2.05) is 30.3 Å². The summed E-state index contributed by atoms with van der Waals surface area (Å²) in [5.74, 6) is 0. The van der Waals surface area contributed by atoms with Gasteiger partial charge >= 0.3 is 0 Å². The summed E-state index contributed by atoms with van der Waals surface area (Å²) in [4.78, 5) is 15.7. The number of aromatic amines is 1. The van der Waals surface area contributed by atoms with Crippen molar-refractivity contribution >= 4 is 29.7 Å². The summed E-state index contributed by atoms with van der Waals surface area (Å²) in [7, 11) is 0. The Morgan fingerprint density at radius 3 is 2.39 bits per heavy atom. The van der Waals surface area contributed by atoms with Gasteiger partial charge in [0.1, 0.15) is 0 Å². The lowest BCUT2D eigenvalue weighted by atomic mass is 10.0. The molecule has 0 amide bonds. The van der Waals surface area contributed by atoms with E-state index < -0.39 is 0 Å². The van der Waals surface area contributed by atoms with Crippen molar-refractivity contribution in [2.45, 2.75) is 4.90 Å². The highest BCUT2D eigenvalue weighted by Crippen LogP contribution is 2.20. The number of hydrogen-bond donors (Lipinski definition) is 4. The predicted molar refractivity (Wildman–Crippen MR) is 96.4 cm³/mol. The maximum Gasteiger partial charge on any atom is 0.259 e. The van der Waals surface area contributed by atoms with Crippen molar-refractivity contribution in [3.05, 3.63) is 88.3 Å². The molecule has 0 bridgehead atoms. The monoisotopic (exact) mass is 321 g/mol. The number of anilines is 2. The summed E-state index contributed by atoms with van der Waals surface area (Å²) in [5.41, 5.74) is 2.29. The van der Waals surface area contributed by atoms with Crippen molar-refractivity contribution in [1.29, 1.82) is 5.41 Å². The molecule has 23 heavy (non-hydrogen) atoms. The van der Waals surface area contributed by atoms with Gasteiger partial charge in [-0.2, -0.15) is 0 Å². The number of para-hydroxylation sites is 1. The molecule has 0 aliphatic rings. The van der Waals surface area contributed by atoms with Crippen molar-refractivity contribution in [2.24, 2.45) is 0 Å². The highest BCUT2D eigenvalue weighted by Gasteiger charge is 2.14. The van der Waals surface area contributed by atoms with Crippen LogP contribution in [0.4, 0.5) is 11.4 Å². The molecule has 0 atom stereocenters. The fourth-order valence-electron chi connectivity index (χ4n) is 2.28. The van der Waals surface area contributed by atoms with Gasteiger partial charge < -0.3 is 10.3 Å². The van der Waals surface area contributed by atoms with Crippen LogP contribution in [0.1, 0.15) is 11.1 Å². The second-order valence-corrected chi connectivity index (χ2v) is 5.52. The van der Waals surface area contributed by atoms with Crippen LogP contribution < -0.4 is 10.9 Å². The van der Waals surface area contributed by atoms with Crippen molar-refractivity contribution in [3.8, 4) is 0 Å². The zero-order chi connectivity index (χ0) is 16.2. The van der Waals surface area contributed by atoms with E-state index in [0.717, 1.165) is 10.6 Å². The molecule has 1 heterocycles. The second kappa shape index (κ2) is 6.54. The smallest absolute Gasteiger partial charge is 0.259 e. The first-order valence-electron chi connectivity index (χ1n) is 7.07. The average Bonchev–Trinajstić information content (AvgIpc) is 2.56. The number of hydrogen-bond acceptors (Lipinski definition) is 4. The van der Waals surface area contributed by atoms with Gasteiger partial charge in [0, 0.05) is 22.3 Å². The van der Waals surface area contributed by atoms with Gasteiger partial charge in [0.05, 0.1) is 17.0 Å². The minimum Gasteiger partial charge on any atom is -0.355 e. The van der Waals surface area contributed by atoms with Gasteiger partial charge in [0.2, 0.25) is 0 Å². The lowest BCUT2D eigenvalue weighted by Gasteiger charge is -2.12. The Morgan fingerprint density at radius 1 is 1.00 bits per heavy atom. The normalized spacial score (nSPS) is 10.3. The molecule has 3 rings (SSSR count). The van der Waals surface area contributed by atoms with E-state index in [9.17, 15) is 4.79 Å². The van der Waals surface area contributed by atoms with Crippen LogP contribution in [0.2, 0.25) is 0 Å². The molecule has 0 fully saturated rings. The Bertz CT molecular complexity index is 886. The first-order valence-corrected chi connectivity index (χ1v) is 7.52. The molecule has 3 N–H and O–H groups in total. The van der Waals surface area contributed by atoms with Crippen LogP contribution in [0.15, 0.2) is 76.6 Å². The minimum atomic E-state index is -0.300. The molecule has 114 valence electrons. The number of benzene rings is 2. The third-order valence-electron chi connectivity index (χ3n) is 3.42. The van der Waals surface area contributed by atoms with Crippen LogP contribution in [0.5, 0.6) is 0 Å². The number of rotatable bonds is 4. The number of nitrogens with one attached hydrogen (secondary N) is 3. The van der Waals surface area contributed by atoms with E-state index in [4.69, 9.17) is 5.41 Å². The summed E-state index contributed by atoms with van der Waals surface area (Å²) in [6, 6.07) is 18.5. The molecule has 1 aromatic heterocycles. The van der Waals surface area contributed by atoms with Gasteiger partial charge in [-0.25, -0.2) is 0 Å². The number of aromatic nitrogens is 1. The van der Waals surface area contributed by atoms with Crippen LogP contribution in [0.3, 0.4) is 0 Å². The Kier molecular flexibility index (Phi) is 4.30. The third-order valence-corrected chi connectivity index (χ3v) is 3.72. The summed E-state index contributed by atoms with van der Waals surface area (Å²) < 4.78 is 0. The van der Waals surface area contributed by atoms with E-state index >= 15 is 0 Å². The molecule has 4 nitrogen and oxygen atoms in total. The standard InChI is InChI=1S/C18H15N3OS/c19-17(12-6-8-14(23)9-7-12)16-15(10-11-20-18(16)22)21-13-4-2-1-3-5-13/h1-11,19,23H,(H2,20,21,22). The number of pyridine rings is 1. The highest BCUT2D eigenvalue weighted by atomic mass is 32.1. The third kappa shape index (κ3) is 3.35. The fraction of sp³-hybridized carbons (Fsp3) is 0. The molecule has 0 unspecified atom stereocenters. The lowest BCUT2D eigenvalue weighted by Crippen LogP contribution is -2.20. The Labute approximate surface area is 139 Å². The first-order chi connectivity index (χ1) is 11.1. The van der Waals surface area contributed by atoms with E-state index in [2.05, 4.69) is 22.9 Å². The van der Waals surface area contributed by atoms with Crippen LogP contribution in [0.25, 0.3) is 0 Å². The summed E-state index contributed by atoms with van der Waals surface area (Å²) in [6.07, 6.45) is 1.57. The minimum absolute atomic E-state index is 0.165. The van der Waals surface area contributed by atoms with E-state index in [1.54, 1.807) is 36.5 Å². The summed E-state index contributed by atoms with van der Waals surface area (Å²) in [5, 5.41) is 11.6. The van der Waals surface area contributed by atoms with Gasteiger partial charge in [0.15, 0.2) is 0 Å². The molecular weight excluding hydrogens is 306 g/mol. The van der Waals surface area contributed by atoms with Crippen LogP contribution in [0, 0.1) is 5.41 Å². The van der Waals surface area contributed by atoms with Gasteiger partial charge in [-0.15, -0.1) is 12.6 Å². The first kappa shape index (κ1) is 15.1. The molecule has 5 heteroatoms. The van der Waals surface area contributed by atoms with Crippen LogP contribution in [-0.2, 0) is 0 Å². The van der Waals surface area contributed by atoms with Gasteiger partial charge in [-0.1, -0.05) is 30.3 Å². The van der Waals surface area contributed by atoms with Crippen molar-refractivity contribution in [1.82, 2.24) is 4.98 Å². The zero-order valence-electron chi connectivity index (χ0n) is 12.2. The zero-order valence-corrected chi connectivity index (χ0v) is 13.1. The van der Waals surface area contributed by atoms with Crippen molar-refractivity contribution in [2.75, 3.05) is 5.32 Å². The second-order valence-electron chi connectivity index (χ2n) is 5.01. The molecule has 0 saturated heterocycles. The average molecular weight is 321 g/mol. The van der Waals surface area contributed by atoms with Gasteiger partial charge in [-0.05, 0) is 30.3 Å². The van der Waals surface area contributed by atoms with Crippen molar-refractivity contribution in [3.63, 3.8) is 0 Å². The Hall–Kier alpha value is -2.79. The Balaban J connectivity index is 2.03. The molecule has 2 aromatic carbocycles. The highest BCUT2D eigenvalue weighted by molar-refractivity contribution is 7.80. The predicted octanol–water partition coefficient (Wildman–Crippen LogP) is 3.82. The van der Waals surface area contributed by atoms with E-state index in [-0.39, 0.29) is 11.3 Å². The molecule has 0 aliphatic heterocycles. The molecule has 0 aliphatic carbocycles. The topological polar surface area (TPSA) is 68.7 Å². The molecular formula is C18H15N3OS. The Morgan fingerprint density at radius 2 is 1.70 bits per heavy atom. The summed E-state index contributed by atoms with van der Waals surface area (Å²) >= 11 is 4.24. The molecule has 3 aromatic rings. The SMILES string of the molecule is N=C(c1ccc(S)cc1)c1c(Nc2ccccc2)cc[nH]c1=O. The van der Waals surface area contributed by atoms with E-state index in [1.165, 1.54) is 0 Å². The molecule has 0 spiro atoms. The van der Waals surface area contributed by atoms with Crippen LogP contribution >= 0.6 is 12.6 Å². The van der Waals surface area contributed by atoms with Gasteiger partial charge in [0.25, 0.3) is 5.56 Å². The quantitative estimate of drug-likeness (QED) is 0.436. The maximum atomic E-state index is 12.3. The maximum absolute atomic E-state index is 12.3. The largest absolute Gasteiger partial charge is 0.355 e. The number of thiol groups is 1. The summed E-state index contributed by atoms with van der Waals surface area (Å²) in [6.45, 7) is 0. The van der Waals surface area contributed by atoms with Crippen LogP contribution in [-0.4, -0.2) is 10.7 Å². The van der Waals surface area contributed by atoms with Crippen molar-refractivity contribution < 1.29 is 0 Å².